The molecule has 9 heteroatoms. The first-order chi connectivity index (χ1) is 15.3. The van der Waals surface area contributed by atoms with E-state index in [9.17, 15) is 19.2 Å². The van der Waals surface area contributed by atoms with Gasteiger partial charge < -0.3 is 34.0 Å². The fraction of sp³-hybridized carbons (Fsp3) is 0.826. The lowest BCUT2D eigenvalue weighted by Crippen LogP contribution is -2.46. The molecule has 1 aliphatic heterocycles. The van der Waals surface area contributed by atoms with E-state index in [4.69, 9.17) is 14.6 Å². The molecule has 9 nitrogen and oxygen atoms in total. The number of carboxylic acid groups (broad SMARTS) is 1. The number of carbonyl (C=O) groups is 4. The fourth-order valence-electron chi connectivity index (χ4n) is 3.18. The SMILES string of the molecule is CC(=O)CCC=O.CCCCC(=O)N1CCC(N(C)CCOCCOCCC(=O)O)CC1. The quantitative estimate of drug-likeness (QED) is 0.276. The zero-order valence-corrected chi connectivity index (χ0v) is 20.1. The summed E-state index contributed by atoms with van der Waals surface area (Å²) in [6.45, 7) is 7.92. The molecule has 0 aromatic rings. The van der Waals surface area contributed by atoms with E-state index >= 15 is 0 Å². The summed E-state index contributed by atoms with van der Waals surface area (Å²) >= 11 is 0. The fourth-order valence-corrected chi connectivity index (χ4v) is 3.18. The van der Waals surface area contributed by atoms with Crippen LogP contribution in [0, 0.1) is 0 Å². The molecule has 1 N–H and O–H groups in total. The maximum absolute atomic E-state index is 12.0. The number of carbonyl (C=O) groups excluding carboxylic acids is 3. The van der Waals surface area contributed by atoms with Crippen molar-refractivity contribution in [3.05, 3.63) is 0 Å². The average Bonchev–Trinajstić information content (AvgIpc) is 2.77. The Labute approximate surface area is 192 Å². The molecule has 0 atom stereocenters. The van der Waals surface area contributed by atoms with Crippen molar-refractivity contribution in [3.8, 4) is 0 Å². The Morgan fingerprint density at radius 2 is 1.66 bits per heavy atom. The number of aliphatic carboxylic acids is 1. The molecule has 0 spiro atoms. The lowest BCUT2D eigenvalue weighted by molar-refractivity contribution is -0.138. The molecule has 0 unspecified atom stereocenters. The van der Waals surface area contributed by atoms with Crippen LogP contribution < -0.4 is 0 Å². The van der Waals surface area contributed by atoms with Gasteiger partial charge in [-0.2, -0.15) is 0 Å². The number of likely N-dealkylation sites (N-methyl/N-ethyl adjacent to an activating group) is 1. The van der Waals surface area contributed by atoms with Gasteiger partial charge in [0.05, 0.1) is 32.8 Å². The summed E-state index contributed by atoms with van der Waals surface area (Å²) in [5.41, 5.74) is 0. The van der Waals surface area contributed by atoms with Crippen LogP contribution in [0.25, 0.3) is 0 Å². The molecule has 1 heterocycles. The highest BCUT2D eigenvalue weighted by molar-refractivity contribution is 5.77. The summed E-state index contributed by atoms with van der Waals surface area (Å²) in [4.78, 5) is 46.3. The Balaban J connectivity index is 0.00000118. The molecule has 0 bridgehead atoms. The third kappa shape index (κ3) is 16.8. The number of nitrogens with zero attached hydrogens (tertiary/aromatic N) is 2. The van der Waals surface area contributed by atoms with Crippen LogP contribution in [0.2, 0.25) is 0 Å². The Kier molecular flexibility index (Phi) is 18.7. The molecule has 0 aliphatic carbocycles. The first-order valence-corrected chi connectivity index (χ1v) is 11.6. The van der Waals surface area contributed by atoms with E-state index in [1.807, 2.05) is 4.90 Å². The van der Waals surface area contributed by atoms with Gasteiger partial charge in [0, 0.05) is 44.9 Å². The molecular formula is C23H42N2O7. The van der Waals surface area contributed by atoms with Crippen molar-refractivity contribution in [1.82, 2.24) is 9.80 Å². The minimum atomic E-state index is -0.847. The smallest absolute Gasteiger partial charge is 0.305 e. The topological polar surface area (TPSA) is 113 Å². The van der Waals surface area contributed by atoms with Gasteiger partial charge in [0.25, 0.3) is 0 Å². The molecule has 0 saturated carbocycles. The van der Waals surface area contributed by atoms with E-state index in [-0.39, 0.29) is 18.8 Å². The number of ketones is 1. The van der Waals surface area contributed by atoms with Gasteiger partial charge in [-0.3, -0.25) is 9.59 Å². The monoisotopic (exact) mass is 458 g/mol. The molecular weight excluding hydrogens is 416 g/mol. The van der Waals surface area contributed by atoms with Crippen LogP contribution in [0.15, 0.2) is 0 Å². The Morgan fingerprint density at radius 3 is 2.16 bits per heavy atom. The minimum absolute atomic E-state index is 0.0301. The molecule has 32 heavy (non-hydrogen) atoms. The summed E-state index contributed by atoms with van der Waals surface area (Å²) in [6.07, 6.45) is 6.31. The highest BCUT2D eigenvalue weighted by Crippen LogP contribution is 2.16. The summed E-state index contributed by atoms with van der Waals surface area (Å²) in [5, 5.41) is 8.49. The van der Waals surface area contributed by atoms with E-state index in [0.29, 0.717) is 51.0 Å². The van der Waals surface area contributed by atoms with Crippen molar-refractivity contribution >= 4 is 23.9 Å². The van der Waals surface area contributed by atoms with Gasteiger partial charge >= 0.3 is 5.97 Å². The number of hydrogen-bond donors (Lipinski definition) is 1. The lowest BCUT2D eigenvalue weighted by atomic mass is 10.0. The van der Waals surface area contributed by atoms with E-state index < -0.39 is 5.97 Å². The van der Waals surface area contributed by atoms with Crippen molar-refractivity contribution in [3.63, 3.8) is 0 Å². The summed E-state index contributed by atoms with van der Waals surface area (Å²) in [5.74, 6) is -0.470. The molecule has 0 radical (unpaired) electrons. The van der Waals surface area contributed by atoms with Crippen molar-refractivity contribution in [2.75, 3.05) is 53.1 Å². The highest BCUT2D eigenvalue weighted by atomic mass is 16.5. The Morgan fingerprint density at radius 1 is 1.03 bits per heavy atom. The molecule has 0 aromatic heterocycles. The van der Waals surface area contributed by atoms with Crippen LogP contribution in [0.4, 0.5) is 0 Å². The molecule has 1 rings (SSSR count). The lowest BCUT2D eigenvalue weighted by Gasteiger charge is -2.36. The van der Waals surface area contributed by atoms with Gasteiger partial charge in [-0.15, -0.1) is 0 Å². The predicted octanol–water partition coefficient (Wildman–Crippen LogP) is 2.16. The van der Waals surface area contributed by atoms with Crippen LogP contribution >= 0.6 is 0 Å². The zero-order valence-electron chi connectivity index (χ0n) is 20.1. The third-order valence-corrected chi connectivity index (χ3v) is 5.22. The standard InChI is InChI=1S/C18H34N2O5.C5H8O2/c1-3-4-5-17(21)20-9-6-16(7-10-20)19(2)11-13-25-15-14-24-12-8-18(22)23;1-5(7)3-2-4-6/h16H,3-15H2,1-2H3,(H,22,23);4H,2-3H2,1H3. The minimum Gasteiger partial charge on any atom is -0.481 e. The summed E-state index contributed by atoms with van der Waals surface area (Å²) < 4.78 is 10.7. The predicted molar refractivity (Wildman–Crippen MR) is 122 cm³/mol. The van der Waals surface area contributed by atoms with Gasteiger partial charge in [0.15, 0.2) is 0 Å². The second-order valence-corrected chi connectivity index (χ2v) is 7.97. The highest BCUT2D eigenvalue weighted by Gasteiger charge is 2.24. The second-order valence-electron chi connectivity index (χ2n) is 7.97. The van der Waals surface area contributed by atoms with E-state index in [2.05, 4.69) is 18.9 Å². The van der Waals surface area contributed by atoms with Crippen molar-refractivity contribution in [1.29, 1.82) is 0 Å². The largest absolute Gasteiger partial charge is 0.481 e. The number of carboxylic acids is 1. The number of piperidine rings is 1. The van der Waals surface area contributed by atoms with E-state index in [0.717, 1.165) is 51.6 Å². The Hall–Kier alpha value is -1.84. The van der Waals surface area contributed by atoms with E-state index in [1.54, 1.807) is 0 Å². The van der Waals surface area contributed by atoms with Gasteiger partial charge in [-0.1, -0.05) is 13.3 Å². The molecule has 1 fully saturated rings. The summed E-state index contributed by atoms with van der Waals surface area (Å²) in [7, 11) is 2.10. The maximum atomic E-state index is 12.0. The summed E-state index contributed by atoms with van der Waals surface area (Å²) in [6, 6.07) is 0.505. The Bertz CT molecular complexity index is 534. The second kappa shape index (κ2) is 19.8. The van der Waals surface area contributed by atoms with Crippen molar-refractivity contribution in [2.24, 2.45) is 0 Å². The first-order valence-electron chi connectivity index (χ1n) is 11.6. The van der Waals surface area contributed by atoms with Gasteiger partial charge in [-0.05, 0) is 33.2 Å². The number of hydrogen-bond acceptors (Lipinski definition) is 7. The maximum Gasteiger partial charge on any atom is 0.305 e. The van der Waals surface area contributed by atoms with Gasteiger partial charge in [0.2, 0.25) is 5.91 Å². The average molecular weight is 459 g/mol. The molecule has 1 aliphatic rings. The van der Waals surface area contributed by atoms with Crippen molar-refractivity contribution < 1.29 is 33.8 Å². The van der Waals surface area contributed by atoms with Crippen LogP contribution in [0.1, 0.15) is 65.2 Å². The molecule has 0 aromatic carbocycles. The number of amides is 1. The van der Waals surface area contributed by atoms with E-state index in [1.165, 1.54) is 6.92 Å². The number of aldehydes is 1. The molecule has 1 saturated heterocycles. The number of rotatable bonds is 16. The van der Waals surface area contributed by atoms with Crippen LogP contribution in [0.3, 0.4) is 0 Å². The van der Waals surface area contributed by atoms with Crippen LogP contribution in [-0.4, -0.2) is 98.0 Å². The number of unbranched alkanes of at least 4 members (excludes halogenated alkanes) is 1. The number of Topliss-reactive ketones (excluding diaryl/α,β-unsaturated/α-hetero) is 1. The third-order valence-electron chi connectivity index (χ3n) is 5.22. The first kappa shape index (κ1) is 30.2. The van der Waals surface area contributed by atoms with Crippen LogP contribution in [0.5, 0.6) is 0 Å². The number of likely N-dealkylation sites (tertiary alicyclic amines) is 1. The van der Waals surface area contributed by atoms with Crippen molar-refractivity contribution in [2.45, 2.75) is 71.3 Å². The molecule has 1 amide bonds. The normalized spacial score (nSPS) is 14.1. The van der Waals surface area contributed by atoms with Crippen LogP contribution in [-0.2, 0) is 28.7 Å². The molecule has 186 valence electrons. The van der Waals surface area contributed by atoms with Gasteiger partial charge in [-0.25, -0.2) is 0 Å². The zero-order chi connectivity index (χ0) is 24.2. The number of ether oxygens (including phenoxy) is 2. The van der Waals surface area contributed by atoms with Gasteiger partial charge in [0.1, 0.15) is 12.1 Å².